The van der Waals surface area contributed by atoms with E-state index in [1.54, 1.807) is 32.1 Å². The zero-order chi connectivity index (χ0) is 21.1. The monoisotopic (exact) mass is 401 g/mol. The van der Waals surface area contributed by atoms with Crippen LogP contribution < -0.4 is 5.32 Å². The topological polar surface area (TPSA) is 72.9 Å². The van der Waals surface area contributed by atoms with Crippen LogP contribution in [0, 0.1) is 0 Å². The standard InChI is InChI=1S/C19H26F3N3O3/c1-24(2)11-17(26)25(3)16-10-13(7-8-15(16)23-18(27)28)12-5-4-6-14(9-12)19(20,21)22/h4-6,9,13,15-16,23H,7-8,10-11H2,1-3H3,(H,27,28)/t13-,15-,16-/m0/s1. The van der Waals surface area contributed by atoms with Crippen LogP contribution >= 0.6 is 0 Å². The molecule has 1 aromatic rings. The molecular weight excluding hydrogens is 375 g/mol. The molecule has 0 aliphatic heterocycles. The molecule has 0 saturated heterocycles. The van der Waals surface area contributed by atoms with Gasteiger partial charge in [-0.25, -0.2) is 4.79 Å². The Morgan fingerprint density at radius 2 is 1.89 bits per heavy atom. The highest BCUT2D eigenvalue weighted by Crippen LogP contribution is 2.37. The van der Waals surface area contributed by atoms with Crippen LogP contribution in [0.5, 0.6) is 0 Å². The molecule has 2 rings (SSSR count). The van der Waals surface area contributed by atoms with Gasteiger partial charge in [-0.3, -0.25) is 4.79 Å². The third-order valence-electron chi connectivity index (χ3n) is 5.15. The predicted molar refractivity (Wildman–Crippen MR) is 98.1 cm³/mol. The predicted octanol–water partition coefficient (Wildman–Crippen LogP) is 3.00. The second-order valence-electron chi connectivity index (χ2n) is 7.50. The molecule has 0 heterocycles. The Balaban J connectivity index is 2.24. The number of likely N-dealkylation sites (N-methyl/N-ethyl adjacent to an activating group) is 2. The van der Waals surface area contributed by atoms with E-state index in [1.165, 1.54) is 11.0 Å². The largest absolute Gasteiger partial charge is 0.465 e. The van der Waals surface area contributed by atoms with Crippen LogP contribution in [0.1, 0.15) is 36.3 Å². The van der Waals surface area contributed by atoms with Crippen molar-refractivity contribution in [3.8, 4) is 0 Å². The van der Waals surface area contributed by atoms with E-state index in [2.05, 4.69) is 5.32 Å². The first-order chi connectivity index (χ1) is 13.0. The Bertz CT molecular complexity index is 709. The summed E-state index contributed by atoms with van der Waals surface area (Å²) in [6, 6.07) is 4.33. The summed E-state index contributed by atoms with van der Waals surface area (Å²) >= 11 is 0. The summed E-state index contributed by atoms with van der Waals surface area (Å²) in [6.45, 7) is 0.168. The zero-order valence-corrected chi connectivity index (χ0v) is 16.2. The Morgan fingerprint density at radius 3 is 2.46 bits per heavy atom. The fourth-order valence-corrected chi connectivity index (χ4v) is 3.74. The number of amides is 2. The lowest BCUT2D eigenvalue weighted by atomic mass is 9.78. The number of halogens is 3. The van der Waals surface area contributed by atoms with Crippen molar-refractivity contribution >= 4 is 12.0 Å². The first-order valence-electron chi connectivity index (χ1n) is 9.06. The number of hydrogen-bond donors (Lipinski definition) is 2. The van der Waals surface area contributed by atoms with Crippen molar-refractivity contribution < 1.29 is 27.9 Å². The van der Waals surface area contributed by atoms with Crippen molar-refractivity contribution in [3.63, 3.8) is 0 Å². The van der Waals surface area contributed by atoms with E-state index in [0.717, 1.165) is 12.1 Å². The summed E-state index contributed by atoms with van der Waals surface area (Å²) in [4.78, 5) is 26.8. The van der Waals surface area contributed by atoms with Crippen LogP contribution in [0.25, 0.3) is 0 Å². The van der Waals surface area contributed by atoms with Gasteiger partial charge in [0.1, 0.15) is 0 Å². The summed E-state index contributed by atoms with van der Waals surface area (Å²) in [5, 5.41) is 11.6. The molecule has 1 aromatic carbocycles. The van der Waals surface area contributed by atoms with Crippen LogP contribution in [0.4, 0.5) is 18.0 Å². The molecule has 1 aliphatic rings. The van der Waals surface area contributed by atoms with Gasteiger partial charge in [-0.1, -0.05) is 18.2 Å². The van der Waals surface area contributed by atoms with Gasteiger partial charge in [-0.05, 0) is 50.9 Å². The number of nitrogens with zero attached hydrogens (tertiary/aromatic N) is 2. The number of alkyl halides is 3. The Kier molecular flexibility index (Phi) is 6.92. The van der Waals surface area contributed by atoms with Crippen LogP contribution in [-0.4, -0.2) is 66.7 Å². The lowest BCUT2D eigenvalue weighted by Gasteiger charge is -2.41. The van der Waals surface area contributed by atoms with E-state index in [4.69, 9.17) is 5.11 Å². The molecule has 0 bridgehead atoms. The highest BCUT2D eigenvalue weighted by molar-refractivity contribution is 5.78. The SMILES string of the molecule is CN(C)CC(=O)N(C)[C@H]1C[C@@H](c2cccc(C(F)(F)F)c2)CC[C@@H]1NC(=O)O. The molecule has 0 radical (unpaired) electrons. The molecule has 1 saturated carbocycles. The molecular formula is C19H26F3N3O3. The van der Waals surface area contributed by atoms with Gasteiger partial charge in [0, 0.05) is 7.05 Å². The Labute approximate surface area is 162 Å². The highest BCUT2D eigenvalue weighted by atomic mass is 19.4. The summed E-state index contributed by atoms with van der Waals surface area (Å²) in [5.41, 5.74) is -0.147. The van der Waals surface area contributed by atoms with Gasteiger partial charge in [-0.2, -0.15) is 13.2 Å². The molecule has 9 heteroatoms. The molecule has 0 spiro atoms. The van der Waals surface area contributed by atoms with Crippen molar-refractivity contribution in [2.45, 2.75) is 43.4 Å². The molecule has 2 amide bonds. The quantitative estimate of drug-likeness (QED) is 0.796. The number of benzene rings is 1. The minimum absolute atomic E-state index is 0.168. The smallest absolute Gasteiger partial charge is 0.416 e. The highest BCUT2D eigenvalue weighted by Gasteiger charge is 2.37. The van der Waals surface area contributed by atoms with Crippen molar-refractivity contribution in [3.05, 3.63) is 35.4 Å². The van der Waals surface area contributed by atoms with Crippen LogP contribution in [0.2, 0.25) is 0 Å². The van der Waals surface area contributed by atoms with Gasteiger partial charge >= 0.3 is 12.3 Å². The molecule has 1 fully saturated rings. The number of carboxylic acid groups (broad SMARTS) is 1. The minimum atomic E-state index is -4.42. The Hall–Kier alpha value is -2.29. The van der Waals surface area contributed by atoms with Crippen LogP contribution in [-0.2, 0) is 11.0 Å². The fraction of sp³-hybridized carbons (Fsp3) is 0.579. The molecule has 156 valence electrons. The van der Waals surface area contributed by atoms with E-state index in [1.807, 2.05) is 0 Å². The molecule has 3 atom stereocenters. The number of carbonyl (C=O) groups excluding carboxylic acids is 1. The normalized spacial score (nSPS) is 22.8. The zero-order valence-electron chi connectivity index (χ0n) is 16.2. The van der Waals surface area contributed by atoms with Crippen LogP contribution in [0.15, 0.2) is 24.3 Å². The van der Waals surface area contributed by atoms with E-state index in [9.17, 15) is 22.8 Å². The molecule has 28 heavy (non-hydrogen) atoms. The second-order valence-corrected chi connectivity index (χ2v) is 7.50. The number of nitrogens with one attached hydrogen (secondary N) is 1. The average Bonchev–Trinajstić information content (AvgIpc) is 2.59. The summed E-state index contributed by atoms with van der Waals surface area (Å²) in [6.07, 6.45) is -4.23. The van der Waals surface area contributed by atoms with E-state index in [0.29, 0.717) is 24.8 Å². The molecule has 1 aliphatic carbocycles. The maximum absolute atomic E-state index is 13.0. The number of rotatable bonds is 5. The molecule has 6 nitrogen and oxygen atoms in total. The van der Waals surface area contributed by atoms with E-state index < -0.39 is 29.9 Å². The van der Waals surface area contributed by atoms with Crippen LogP contribution in [0.3, 0.4) is 0 Å². The van der Waals surface area contributed by atoms with Gasteiger partial charge in [0.05, 0.1) is 24.2 Å². The maximum Gasteiger partial charge on any atom is 0.416 e. The van der Waals surface area contributed by atoms with Gasteiger partial charge in [0.25, 0.3) is 0 Å². The lowest BCUT2D eigenvalue weighted by Crippen LogP contribution is -2.55. The molecule has 2 N–H and O–H groups in total. The third-order valence-corrected chi connectivity index (χ3v) is 5.15. The van der Waals surface area contributed by atoms with Gasteiger partial charge < -0.3 is 20.2 Å². The summed E-state index contributed by atoms with van der Waals surface area (Å²) < 4.78 is 39.1. The van der Waals surface area contributed by atoms with Crippen molar-refractivity contribution in [2.24, 2.45) is 0 Å². The van der Waals surface area contributed by atoms with Crippen molar-refractivity contribution in [1.82, 2.24) is 15.1 Å². The number of carbonyl (C=O) groups is 2. The van der Waals surface area contributed by atoms with Gasteiger partial charge in [0.15, 0.2) is 0 Å². The fourth-order valence-electron chi connectivity index (χ4n) is 3.74. The number of hydrogen-bond acceptors (Lipinski definition) is 3. The minimum Gasteiger partial charge on any atom is -0.465 e. The second kappa shape index (κ2) is 8.81. The summed E-state index contributed by atoms with van der Waals surface area (Å²) in [5.74, 6) is -0.356. The first-order valence-corrected chi connectivity index (χ1v) is 9.06. The van der Waals surface area contributed by atoms with Crippen molar-refractivity contribution in [1.29, 1.82) is 0 Å². The van der Waals surface area contributed by atoms with Crippen molar-refractivity contribution in [2.75, 3.05) is 27.7 Å². The summed E-state index contributed by atoms with van der Waals surface area (Å²) in [7, 11) is 5.12. The molecule has 0 aromatic heterocycles. The third kappa shape index (κ3) is 5.60. The first kappa shape index (κ1) is 22.0. The maximum atomic E-state index is 13.0. The van der Waals surface area contributed by atoms with E-state index in [-0.39, 0.29) is 18.4 Å². The van der Waals surface area contributed by atoms with E-state index >= 15 is 0 Å². The average molecular weight is 401 g/mol. The van der Waals surface area contributed by atoms with Gasteiger partial charge in [-0.15, -0.1) is 0 Å². The lowest BCUT2D eigenvalue weighted by molar-refractivity contribution is -0.137. The Morgan fingerprint density at radius 1 is 1.21 bits per heavy atom. The van der Waals surface area contributed by atoms with Gasteiger partial charge in [0.2, 0.25) is 5.91 Å². The molecule has 0 unspecified atom stereocenters.